The van der Waals surface area contributed by atoms with E-state index in [2.05, 4.69) is 304 Å². The molecule has 407 valence electrons. The van der Waals surface area contributed by atoms with Crippen molar-refractivity contribution in [3.05, 3.63) is 308 Å². The molecule has 0 unspecified atom stereocenters. The van der Waals surface area contributed by atoms with Gasteiger partial charge in [-0.25, -0.2) is 0 Å². The lowest BCUT2D eigenvalue weighted by molar-refractivity contribution is 0.426. The van der Waals surface area contributed by atoms with Crippen molar-refractivity contribution >= 4 is 102 Å². The molecule has 16 aromatic rings. The summed E-state index contributed by atoms with van der Waals surface area (Å²) < 4.78 is 5.81. The van der Waals surface area contributed by atoms with Gasteiger partial charge in [-0.1, -0.05) is 240 Å². The van der Waals surface area contributed by atoms with Crippen LogP contribution in [-0.2, 0) is 0 Å². The summed E-state index contributed by atoms with van der Waals surface area (Å²) in [7, 11) is -1.42. The lowest BCUT2D eigenvalue weighted by Gasteiger charge is -2.09. The van der Waals surface area contributed by atoms with Crippen LogP contribution in [0.4, 0.5) is 0 Å². The molecule has 0 saturated carbocycles. The molecule has 0 bridgehead atoms. The molecule has 2 aromatic heterocycles. The number of aromatic nitrogens is 2. The Morgan fingerprint density at radius 2 is 0.621 bits per heavy atom. The lowest BCUT2D eigenvalue weighted by Crippen LogP contribution is -2.29. The Kier molecular flexibility index (Phi) is 13.5. The minimum Gasteiger partial charge on any atom is -0.423 e. The van der Waals surface area contributed by atoms with Crippen LogP contribution in [0, 0.1) is 0 Å². The van der Waals surface area contributed by atoms with E-state index in [0.29, 0.717) is 5.46 Å². The van der Waals surface area contributed by atoms with E-state index in [9.17, 15) is 10.0 Å². The van der Waals surface area contributed by atoms with Gasteiger partial charge in [0, 0.05) is 45.8 Å². The second-order valence-corrected chi connectivity index (χ2v) is 23.2. The summed E-state index contributed by atoms with van der Waals surface area (Å²) >= 11 is 3.52. The molecular weight excluding hydrogens is 1120 g/mol. The van der Waals surface area contributed by atoms with E-state index < -0.39 is 7.12 Å². The smallest absolute Gasteiger partial charge is 0.423 e. The number of halogens is 1. The van der Waals surface area contributed by atoms with Crippen LogP contribution in [0.2, 0.25) is 0 Å². The maximum atomic E-state index is 9.32. The number of benzene rings is 14. The van der Waals surface area contributed by atoms with Crippen molar-refractivity contribution in [1.29, 1.82) is 0 Å². The molecule has 87 heavy (non-hydrogen) atoms. The van der Waals surface area contributed by atoms with Crippen LogP contribution in [0.3, 0.4) is 0 Å². The van der Waals surface area contributed by atoms with Gasteiger partial charge in [-0.15, -0.1) is 0 Å². The number of fused-ring (bicyclic) bond motifs is 12. The minimum absolute atomic E-state index is 0. The molecule has 3 radical (unpaired) electrons. The summed E-state index contributed by atoms with van der Waals surface area (Å²) in [6.07, 6.45) is 0. The lowest BCUT2D eigenvalue weighted by atomic mass is 9.78. The largest absolute Gasteiger partial charge is 0.488 e. The molecule has 7 heteroatoms. The van der Waals surface area contributed by atoms with Crippen molar-refractivity contribution in [3.63, 3.8) is 0 Å². The Labute approximate surface area is 515 Å². The molecule has 0 aliphatic heterocycles. The minimum atomic E-state index is -1.42. The molecule has 14 aromatic carbocycles. The fourth-order valence-corrected chi connectivity index (χ4v) is 13.7. The second kappa shape index (κ2) is 22.0. The summed E-state index contributed by atoms with van der Waals surface area (Å²) in [5.74, 6) is 0. The van der Waals surface area contributed by atoms with Crippen molar-refractivity contribution in [2.24, 2.45) is 0 Å². The summed E-state index contributed by atoms with van der Waals surface area (Å²) in [4.78, 5) is 0. The first kappa shape index (κ1) is 53.5. The van der Waals surface area contributed by atoms with Crippen molar-refractivity contribution in [2.45, 2.75) is 0 Å². The topological polar surface area (TPSA) is 50.3 Å². The molecule has 2 aliphatic carbocycles. The fraction of sp³-hybridized carbons (Fsp3) is 0. The first-order valence-electron chi connectivity index (χ1n) is 29.1. The molecule has 0 saturated heterocycles. The van der Waals surface area contributed by atoms with Gasteiger partial charge in [-0.3, -0.25) is 0 Å². The number of hydrogen-bond donors (Lipinski definition) is 2. The predicted molar refractivity (Wildman–Crippen MR) is 371 cm³/mol. The molecule has 18 rings (SSSR count). The molecule has 2 N–H and O–H groups in total. The summed E-state index contributed by atoms with van der Waals surface area (Å²) in [6.45, 7) is 0. The second-order valence-electron chi connectivity index (χ2n) is 22.3. The highest BCUT2D eigenvalue weighted by Crippen LogP contribution is 2.49. The highest BCUT2D eigenvalue weighted by atomic mass is 79.9. The van der Waals surface area contributed by atoms with E-state index >= 15 is 0 Å². The van der Waals surface area contributed by atoms with Gasteiger partial charge in [-0.05, 0) is 184 Å². The number of nitrogens with zero attached hydrogens (tertiary/aromatic N) is 2. The average Bonchev–Trinajstić information content (AvgIpc) is 1.73. The maximum Gasteiger partial charge on any atom is 0.488 e. The van der Waals surface area contributed by atoms with Crippen LogP contribution >= 0.6 is 15.9 Å². The summed E-state index contributed by atoms with van der Waals surface area (Å²) in [5, 5.41) is 28.9. The van der Waals surface area contributed by atoms with Crippen molar-refractivity contribution in [2.75, 3.05) is 0 Å². The number of rotatable bonds is 6. The van der Waals surface area contributed by atoms with Crippen LogP contribution in [0.25, 0.3) is 154 Å². The van der Waals surface area contributed by atoms with Gasteiger partial charge in [0.1, 0.15) is 0 Å². The third kappa shape index (κ3) is 9.18. The molecular formula is C80H52B2BrN2O2. The summed E-state index contributed by atoms with van der Waals surface area (Å²) in [5.41, 5.74) is 25.2. The molecule has 2 aliphatic rings. The fourth-order valence-electron chi connectivity index (χ4n) is 13.5. The van der Waals surface area contributed by atoms with Crippen LogP contribution in [-0.4, -0.2) is 34.7 Å². The van der Waals surface area contributed by atoms with Gasteiger partial charge in [0.05, 0.1) is 22.1 Å². The van der Waals surface area contributed by atoms with Gasteiger partial charge in [0.25, 0.3) is 0 Å². The molecule has 0 atom stereocenters. The molecule has 2 heterocycles. The third-order valence-electron chi connectivity index (χ3n) is 17.4. The Bertz CT molecular complexity index is 5320. The predicted octanol–water partition coefficient (Wildman–Crippen LogP) is 19.9. The van der Waals surface area contributed by atoms with Crippen molar-refractivity contribution in [3.8, 4) is 89.3 Å². The zero-order valence-corrected chi connectivity index (χ0v) is 48.8. The van der Waals surface area contributed by atoms with Gasteiger partial charge in [-0.2, -0.15) is 0 Å². The zero-order valence-electron chi connectivity index (χ0n) is 47.2. The third-order valence-corrected chi connectivity index (χ3v) is 18.0. The molecule has 0 fully saturated rings. The van der Waals surface area contributed by atoms with E-state index in [4.69, 9.17) is 0 Å². The van der Waals surface area contributed by atoms with E-state index in [1.165, 1.54) is 143 Å². The SMILES string of the molecule is Brc1ccc(-c2ccc3c(c2)c2ccccc2n3-c2ccccc2)cc1.OB(O)c1ccc2c(c1)-c1cccc3cccc-2c13.[B].c1ccc(-n2c3ccccc3c3cc(-c4ccc(-c5ccc6c(c5)-c5cccc7cccc-6c57)cc4)ccc32)cc1. The Hall–Kier alpha value is -10.3. The molecule has 4 nitrogen and oxygen atoms in total. The van der Waals surface area contributed by atoms with E-state index in [1.807, 2.05) is 18.2 Å². The van der Waals surface area contributed by atoms with E-state index in [1.54, 1.807) is 6.07 Å². The monoisotopic (exact) mass is 1170 g/mol. The number of para-hydroxylation sites is 4. The average molecular weight is 1170 g/mol. The van der Waals surface area contributed by atoms with Crippen LogP contribution in [0.15, 0.2) is 308 Å². The first-order valence-corrected chi connectivity index (χ1v) is 29.9. The molecule has 0 spiro atoms. The maximum absolute atomic E-state index is 9.32. The summed E-state index contributed by atoms with van der Waals surface area (Å²) in [6, 6.07) is 108. The Morgan fingerprint density at radius 3 is 1.08 bits per heavy atom. The highest BCUT2D eigenvalue weighted by Gasteiger charge is 2.24. The van der Waals surface area contributed by atoms with Crippen LogP contribution in [0.5, 0.6) is 0 Å². The Balaban J connectivity index is 0.000000119. The van der Waals surface area contributed by atoms with Crippen molar-refractivity contribution < 1.29 is 10.0 Å². The normalized spacial score (nSPS) is 11.5. The van der Waals surface area contributed by atoms with Gasteiger partial charge >= 0.3 is 7.12 Å². The number of hydrogen-bond acceptors (Lipinski definition) is 2. The van der Waals surface area contributed by atoms with Crippen LogP contribution < -0.4 is 5.46 Å². The van der Waals surface area contributed by atoms with Gasteiger partial charge in [0.15, 0.2) is 0 Å². The van der Waals surface area contributed by atoms with Crippen LogP contribution in [0.1, 0.15) is 0 Å². The quantitative estimate of drug-likeness (QED) is 0.163. The Morgan fingerprint density at radius 1 is 0.264 bits per heavy atom. The van der Waals surface area contributed by atoms with E-state index in [0.717, 1.165) is 15.6 Å². The molecule has 0 amide bonds. The standard InChI is InChI=1S/C40H25N.C24H16BrN.C16H11BO2.B/c1-2-10-31(11-3-1)41-38-15-5-4-12-33(38)37-25-30(21-23-39(37)41)27-18-16-26(17-19-27)29-20-22-32-34-13-6-8-28-9-7-14-35(40(28)34)36(32)24-29;25-19-13-10-17(11-14-19)18-12-15-24-22(16-18)21-8-4-5-9-23(21)26(24)20-6-2-1-3-7-20;18-17(19)11-7-8-12-13-5-1-3-10-4-2-6-14(16(10)13)15(12)9-11;/h1-25H;1-16H;1-9,18-19H;. The van der Waals surface area contributed by atoms with Gasteiger partial charge < -0.3 is 19.2 Å². The first-order chi connectivity index (χ1) is 42.4. The zero-order chi connectivity index (χ0) is 57.4. The highest BCUT2D eigenvalue weighted by molar-refractivity contribution is 9.10. The van der Waals surface area contributed by atoms with Crippen molar-refractivity contribution in [1.82, 2.24) is 9.13 Å². The van der Waals surface area contributed by atoms with Gasteiger partial charge in [0.2, 0.25) is 0 Å². The van der Waals surface area contributed by atoms with E-state index in [-0.39, 0.29) is 8.41 Å².